The highest BCUT2D eigenvalue weighted by molar-refractivity contribution is 8.00. The van der Waals surface area contributed by atoms with Crippen LogP contribution in [-0.2, 0) is 17.8 Å². The molecule has 2 atom stereocenters. The number of carbonyl (C=O) groups excluding carboxylic acids is 1. The zero-order valence-electron chi connectivity index (χ0n) is 15.0. The van der Waals surface area contributed by atoms with E-state index in [9.17, 15) is 4.79 Å². The number of amides is 1. The second-order valence-corrected chi connectivity index (χ2v) is 8.32. The molecule has 1 aliphatic heterocycles. The van der Waals surface area contributed by atoms with Crippen LogP contribution in [0.25, 0.3) is 0 Å². The fourth-order valence-corrected chi connectivity index (χ4v) is 4.60. The molecular formula is C19H24N4OS. The Kier molecular flexibility index (Phi) is 4.31. The molecule has 5 nitrogen and oxygen atoms in total. The van der Waals surface area contributed by atoms with Gasteiger partial charge in [0.15, 0.2) is 5.16 Å². The highest BCUT2D eigenvalue weighted by Gasteiger charge is 2.35. The van der Waals surface area contributed by atoms with Gasteiger partial charge in [0.25, 0.3) is 0 Å². The van der Waals surface area contributed by atoms with Crippen LogP contribution >= 0.6 is 11.8 Å². The Morgan fingerprint density at radius 1 is 1.32 bits per heavy atom. The zero-order chi connectivity index (χ0) is 17.6. The fourth-order valence-electron chi connectivity index (χ4n) is 3.63. The average Bonchev–Trinajstić information content (AvgIpc) is 3.28. The van der Waals surface area contributed by atoms with E-state index in [0.717, 1.165) is 29.6 Å². The van der Waals surface area contributed by atoms with Crippen LogP contribution in [-0.4, -0.2) is 32.0 Å². The molecular weight excluding hydrogens is 332 g/mol. The summed E-state index contributed by atoms with van der Waals surface area (Å²) >= 11 is 1.53. The van der Waals surface area contributed by atoms with E-state index in [1.807, 2.05) is 30.0 Å². The third-order valence-electron chi connectivity index (χ3n) is 5.08. The molecule has 2 aromatic rings. The molecule has 25 heavy (non-hydrogen) atoms. The van der Waals surface area contributed by atoms with Crippen molar-refractivity contribution in [3.63, 3.8) is 0 Å². The molecule has 132 valence electrons. The van der Waals surface area contributed by atoms with Crippen molar-refractivity contribution in [3.05, 3.63) is 35.7 Å². The minimum absolute atomic E-state index is 0.154. The minimum Gasteiger partial charge on any atom is -0.308 e. The normalized spacial score (nSPS) is 20.6. The highest BCUT2D eigenvalue weighted by Crippen LogP contribution is 2.40. The standard InChI is InChI=1S/C19H24N4OS/c1-4-22-17(14-9-10-14)20-21-19(22)25-13(3)18(24)23-12(2)11-15-7-5-6-8-16(15)23/h5-8,12-14H,4,9-11H2,1-3H3/t12-,13-/m1/s1. The largest absolute Gasteiger partial charge is 0.308 e. The van der Waals surface area contributed by atoms with Gasteiger partial charge in [0.05, 0.1) is 5.25 Å². The molecule has 0 saturated heterocycles. The van der Waals surface area contributed by atoms with E-state index in [-0.39, 0.29) is 17.2 Å². The zero-order valence-corrected chi connectivity index (χ0v) is 15.8. The first-order valence-corrected chi connectivity index (χ1v) is 9.98. The molecule has 2 heterocycles. The Morgan fingerprint density at radius 2 is 2.08 bits per heavy atom. The second-order valence-electron chi connectivity index (χ2n) is 7.01. The van der Waals surface area contributed by atoms with Crippen LogP contribution in [0.4, 0.5) is 5.69 Å². The maximum atomic E-state index is 13.1. The minimum atomic E-state index is -0.185. The highest BCUT2D eigenvalue weighted by atomic mass is 32.2. The van der Waals surface area contributed by atoms with E-state index in [4.69, 9.17) is 0 Å². The summed E-state index contributed by atoms with van der Waals surface area (Å²) in [7, 11) is 0. The molecule has 1 saturated carbocycles. The molecule has 0 bridgehead atoms. The van der Waals surface area contributed by atoms with Gasteiger partial charge in [-0.3, -0.25) is 4.79 Å². The molecule has 2 aliphatic rings. The molecule has 1 aliphatic carbocycles. The number of carbonyl (C=O) groups is 1. The van der Waals surface area contributed by atoms with Crippen molar-refractivity contribution >= 4 is 23.4 Å². The third kappa shape index (κ3) is 2.97. The van der Waals surface area contributed by atoms with Crippen molar-refractivity contribution in [1.82, 2.24) is 14.8 Å². The summed E-state index contributed by atoms with van der Waals surface area (Å²) in [6, 6.07) is 8.42. The summed E-state index contributed by atoms with van der Waals surface area (Å²) in [5, 5.41) is 9.42. The topological polar surface area (TPSA) is 51.0 Å². The van der Waals surface area contributed by atoms with Crippen LogP contribution < -0.4 is 4.90 Å². The van der Waals surface area contributed by atoms with E-state index in [0.29, 0.717) is 5.92 Å². The summed E-state index contributed by atoms with van der Waals surface area (Å²) in [6.45, 7) is 7.07. The number of nitrogens with zero attached hydrogens (tertiary/aromatic N) is 4. The maximum Gasteiger partial charge on any atom is 0.240 e. The van der Waals surface area contributed by atoms with Crippen LogP contribution in [0.1, 0.15) is 50.9 Å². The van der Waals surface area contributed by atoms with Crippen molar-refractivity contribution in [2.75, 3.05) is 4.90 Å². The maximum absolute atomic E-state index is 13.1. The molecule has 1 fully saturated rings. The van der Waals surface area contributed by atoms with E-state index in [1.165, 1.54) is 30.2 Å². The molecule has 4 rings (SSSR count). The van der Waals surface area contributed by atoms with Crippen LogP contribution in [0.15, 0.2) is 29.4 Å². The summed E-state index contributed by atoms with van der Waals surface area (Å²) in [5.41, 5.74) is 2.32. The Hall–Kier alpha value is -1.82. The number of aromatic nitrogens is 3. The number of fused-ring (bicyclic) bond motifs is 1. The molecule has 1 aromatic heterocycles. The van der Waals surface area contributed by atoms with E-state index in [1.54, 1.807) is 0 Å². The molecule has 0 N–H and O–H groups in total. The van der Waals surface area contributed by atoms with Crippen LogP contribution in [0, 0.1) is 0 Å². The van der Waals surface area contributed by atoms with Crippen LogP contribution in [0.2, 0.25) is 0 Å². The lowest BCUT2D eigenvalue weighted by atomic mass is 10.1. The molecule has 1 amide bonds. The van der Waals surface area contributed by atoms with Gasteiger partial charge in [-0.25, -0.2) is 0 Å². The lowest BCUT2D eigenvalue weighted by Gasteiger charge is -2.25. The number of benzene rings is 1. The third-order valence-corrected chi connectivity index (χ3v) is 6.15. The van der Waals surface area contributed by atoms with E-state index in [2.05, 4.69) is 34.7 Å². The summed E-state index contributed by atoms with van der Waals surface area (Å²) < 4.78 is 2.17. The SMILES string of the molecule is CCn1c(S[C@H](C)C(=O)N2c3ccccc3C[C@H]2C)nnc1C1CC1. The van der Waals surface area contributed by atoms with Crippen LogP contribution in [0.5, 0.6) is 0 Å². The predicted octanol–water partition coefficient (Wildman–Crippen LogP) is 3.63. The first-order valence-electron chi connectivity index (χ1n) is 9.10. The summed E-state index contributed by atoms with van der Waals surface area (Å²) in [6.07, 6.45) is 3.34. The number of hydrogen-bond acceptors (Lipinski definition) is 4. The number of anilines is 1. The number of thioether (sulfide) groups is 1. The van der Waals surface area contributed by atoms with Crippen molar-refractivity contribution in [1.29, 1.82) is 0 Å². The molecule has 1 aromatic carbocycles. The lowest BCUT2D eigenvalue weighted by Crippen LogP contribution is -2.40. The summed E-state index contributed by atoms with van der Waals surface area (Å²) in [5.74, 6) is 1.81. The van der Waals surface area contributed by atoms with Gasteiger partial charge in [0, 0.05) is 24.2 Å². The monoisotopic (exact) mass is 356 g/mol. The van der Waals surface area contributed by atoms with Crippen molar-refractivity contribution in [2.24, 2.45) is 0 Å². The number of hydrogen-bond donors (Lipinski definition) is 0. The Balaban J connectivity index is 1.53. The van der Waals surface area contributed by atoms with E-state index >= 15 is 0 Å². The first kappa shape index (κ1) is 16.6. The van der Waals surface area contributed by atoms with Gasteiger partial charge in [-0.15, -0.1) is 10.2 Å². The summed E-state index contributed by atoms with van der Waals surface area (Å²) in [4.78, 5) is 15.1. The Labute approximate surface area is 152 Å². The van der Waals surface area contributed by atoms with Crippen molar-refractivity contribution in [2.45, 2.75) is 68.9 Å². The van der Waals surface area contributed by atoms with Gasteiger partial charge in [-0.05, 0) is 51.7 Å². The molecule has 0 radical (unpaired) electrons. The average molecular weight is 356 g/mol. The van der Waals surface area contributed by atoms with Crippen LogP contribution in [0.3, 0.4) is 0 Å². The number of rotatable bonds is 5. The smallest absolute Gasteiger partial charge is 0.240 e. The lowest BCUT2D eigenvalue weighted by molar-refractivity contribution is -0.118. The Morgan fingerprint density at radius 3 is 2.80 bits per heavy atom. The molecule has 6 heteroatoms. The Bertz CT molecular complexity index is 798. The molecule has 0 spiro atoms. The van der Waals surface area contributed by atoms with E-state index < -0.39 is 0 Å². The second kappa shape index (κ2) is 6.48. The quantitative estimate of drug-likeness (QED) is 0.768. The van der Waals surface area contributed by atoms with Gasteiger partial charge in [-0.1, -0.05) is 30.0 Å². The van der Waals surface area contributed by atoms with Gasteiger partial charge in [0.1, 0.15) is 5.82 Å². The first-order chi connectivity index (χ1) is 12.1. The predicted molar refractivity (Wildman–Crippen MR) is 100 cm³/mol. The fraction of sp³-hybridized carbons (Fsp3) is 0.526. The van der Waals surface area contributed by atoms with Gasteiger partial charge in [0.2, 0.25) is 5.91 Å². The number of para-hydroxylation sites is 1. The van der Waals surface area contributed by atoms with Crippen molar-refractivity contribution in [3.8, 4) is 0 Å². The van der Waals surface area contributed by atoms with Gasteiger partial charge >= 0.3 is 0 Å². The van der Waals surface area contributed by atoms with Gasteiger partial charge in [-0.2, -0.15) is 0 Å². The van der Waals surface area contributed by atoms with Crippen molar-refractivity contribution < 1.29 is 4.79 Å². The van der Waals surface area contributed by atoms with Gasteiger partial charge < -0.3 is 9.47 Å². The molecule has 0 unspecified atom stereocenters.